The van der Waals surface area contributed by atoms with Gasteiger partial charge in [0, 0.05) is 6.42 Å². The summed E-state index contributed by atoms with van der Waals surface area (Å²) in [6.45, 7) is 0. The van der Waals surface area contributed by atoms with Crippen LogP contribution in [0.3, 0.4) is 0 Å². The third kappa shape index (κ3) is 2.51. The van der Waals surface area contributed by atoms with Gasteiger partial charge < -0.3 is 5.21 Å². The van der Waals surface area contributed by atoms with Gasteiger partial charge in [-0.15, -0.1) is 0 Å². The van der Waals surface area contributed by atoms with Gasteiger partial charge >= 0.3 is 0 Å². The Bertz CT molecular complexity index is 284. The molecule has 0 fully saturated rings. The molecule has 12 heavy (non-hydrogen) atoms. The fourth-order valence-electron chi connectivity index (χ4n) is 0.806. The lowest BCUT2D eigenvalue weighted by Crippen LogP contribution is -1.93. The van der Waals surface area contributed by atoms with Crippen molar-refractivity contribution in [3.05, 3.63) is 35.6 Å². The van der Waals surface area contributed by atoms with E-state index in [1.165, 1.54) is 12.1 Å². The summed E-state index contributed by atoms with van der Waals surface area (Å²) in [6.07, 6.45) is 0.318. The van der Waals surface area contributed by atoms with E-state index in [1.807, 2.05) is 0 Å². The SMILES string of the molecule is O/N=C(\Cl)Cc1ccc(F)cc1. The first-order chi connectivity index (χ1) is 5.72. The third-order valence-corrected chi connectivity index (χ3v) is 1.58. The van der Waals surface area contributed by atoms with Gasteiger partial charge in [0.1, 0.15) is 11.0 Å². The average molecular weight is 188 g/mol. The van der Waals surface area contributed by atoms with E-state index in [4.69, 9.17) is 16.8 Å². The predicted molar refractivity (Wildman–Crippen MR) is 45.2 cm³/mol. The van der Waals surface area contributed by atoms with Crippen LogP contribution in [0.2, 0.25) is 0 Å². The Morgan fingerprint density at radius 1 is 1.42 bits per heavy atom. The van der Waals surface area contributed by atoms with Crippen molar-refractivity contribution in [1.82, 2.24) is 0 Å². The van der Waals surface area contributed by atoms with Crippen molar-refractivity contribution in [3.8, 4) is 0 Å². The quantitative estimate of drug-likeness (QED) is 0.431. The minimum absolute atomic E-state index is 0.0848. The highest BCUT2D eigenvalue weighted by Crippen LogP contribution is 2.05. The molecule has 0 unspecified atom stereocenters. The first-order valence-corrected chi connectivity index (χ1v) is 3.71. The molecule has 0 radical (unpaired) electrons. The van der Waals surface area contributed by atoms with Crippen LogP contribution in [-0.2, 0) is 6.42 Å². The summed E-state index contributed by atoms with van der Waals surface area (Å²) in [4.78, 5) is 0. The highest BCUT2D eigenvalue weighted by Gasteiger charge is 1.98. The maximum atomic E-state index is 12.4. The van der Waals surface area contributed by atoms with Gasteiger partial charge in [-0.1, -0.05) is 28.9 Å². The summed E-state index contributed by atoms with van der Waals surface area (Å²) in [6, 6.07) is 5.83. The summed E-state index contributed by atoms with van der Waals surface area (Å²) >= 11 is 5.45. The van der Waals surface area contributed by atoms with Crippen LogP contribution >= 0.6 is 11.6 Å². The molecule has 0 heterocycles. The molecule has 0 aliphatic rings. The normalized spacial score (nSPS) is 11.7. The van der Waals surface area contributed by atoms with E-state index in [0.29, 0.717) is 6.42 Å². The number of halogens is 2. The Hall–Kier alpha value is -1.09. The number of rotatable bonds is 2. The third-order valence-electron chi connectivity index (χ3n) is 1.37. The van der Waals surface area contributed by atoms with Crippen molar-refractivity contribution < 1.29 is 9.60 Å². The standard InChI is InChI=1S/C8H7ClFNO/c9-8(11-12)5-6-1-3-7(10)4-2-6/h1-4,12H,5H2/b11-8-. The van der Waals surface area contributed by atoms with Crippen molar-refractivity contribution in [2.24, 2.45) is 5.16 Å². The minimum atomic E-state index is -0.296. The average Bonchev–Trinajstić information content (AvgIpc) is 2.09. The Kier molecular flexibility index (Phi) is 3.05. The molecule has 0 spiro atoms. The van der Waals surface area contributed by atoms with Crippen LogP contribution in [0.5, 0.6) is 0 Å². The molecule has 0 bridgehead atoms. The maximum absolute atomic E-state index is 12.4. The fourth-order valence-corrected chi connectivity index (χ4v) is 0.960. The number of oxime groups is 1. The van der Waals surface area contributed by atoms with Crippen LogP contribution in [0.25, 0.3) is 0 Å². The number of hydrogen-bond acceptors (Lipinski definition) is 2. The van der Waals surface area contributed by atoms with E-state index in [2.05, 4.69) is 5.16 Å². The summed E-state index contributed by atoms with van der Waals surface area (Å²) in [7, 11) is 0. The number of hydrogen-bond donors (Lipinski definition) is 1. The molecule has 0 saturated heterocycles. The molecular formula is C8H7ClFNO. The van der Waals surface area contributed by atoms with Gasteiger partial charge in [0.2, 0.25) is 0 Å². The second-order valence-corrected chi connectivity index (χ2v) is 2.72. The molecule has 4 heteroatoms. The van der Waals surface area contributed by atoms with Crippen molar-refractivity contribution in [1.29, 1.82) is 0 Å². The molecular weight excluding hydrogens is 181 g/mol. The zero-order valence-electron chi connectivity index (χ0n) is 6.17. The first kappa shape index (κ1) is 9.00. The van der Waals surface area contributed by atoms with Crippen LogP contribution in [-0.4, -0.2) is 10.4 Å². The maximum Gasteiger partial charge on any atom is 0.149 e. The molecule has 1 N–H and O–H groups in total. The molecule has 1 aromatic carbocycles. The zero-order valence-corrected chi connectivity index (χ0v) is 6.92. The first-order valence-electron chi connectivity index (χ1n) is 3.33. The molecule has 64 valence electrons. The van der Waals surface area contributed by atoms with Crippen molar-refractivity contribution in [2.45, 2.75) is 6.42 Å². The summed E-state index contributed by atoms with van der Waals surface area (Å²) in [5.41, 5.74) is 0.805. The molecule has 0 atom stereocenters. The molecule has 1 aromatic rings. The van der Waals surface area contributed by atoms with Crippen LogP contribution in [0.15, 0.2) is 29.4 Å². The molecule has 0 saturated carbocycles. The summed E-state index contributed by atoms with van der Waals surface area (Å²) in [5.74, 6) is -0.296. The van der Waals surface area contributed by atoms with E-state index >= 15 is 0 Å². The van der Waals surface area contributed by atoms with Gasteiger partial charge in [-0.3, -0.25) is 0 Å². The summed E-state index contributed by atoms with van der Waals surface area (Å²) in [5, 5.41) is 11.1. The predicted octanol–water partition coefficient (Wildman–Crippen LogP) is 2.39. The highest BCUT2D eigenvalue weighted by atomic mass is 35.5. The van der Waals surface area contributed by atoms with E-state index in [-0.39, 0.29) is 11.0 Å². The van der Waals surface area contributed by atoms with Gasteiger partial charge in [0.05, 0.1) is 0 Å². The Balaban J connectivity index is 2.71. The van der Waals surface area contributed by atoms with Crippen molar-refractivity contribution in [2.75, 3.05) is 0 Å². The topological polar surface area (TPSA) is 32.6 Å². The smallest absolute Gasteiger partial charge is 0.149 e. The van der Waals surface area contributed by atoms with E-state index in [0.717, 1.165) is 5.56 Å². The second-order valence-electron chi connectivity index (χ2n) is 2.28. The lowest BCUT2D eigenvalue weighted by molar-refractivity contribution is 0.319. The van der Waals surface area contributed by atoms with Gasteiger partial charge in [-0.05, 0) is 17.7 Å². The monoisotopic (exact) mass is 187 g/mol. The number of benzene rings is 1. The fraction of sp³-hybridized carbons (Fsp3) is 0.125. The van der Waals surface area contributed by atoms with E-state index in [1.54, 1.807) is 12.1 Å². The molecule has 2 nitrogen and oxygen atoms in total. The van der Waals surface area contributed by atoms with Gasteiger partial charge in [-0.2, -0.15) is 0 Å². The van der Waals surface area contributed by atoms with Gasteiger partial charge in [0.15, 0.2) is 0 Å². The van der Waals surface area contributed by atoms with Crippen molar-refractivity contribution >= 4 is 16.8 Å². The van der Waals surface area contributed by atoms with Crippen LogP contribution in [0.4, 0.5) is 4.39 Å². The lowest BCUT2D eigenvalue weighted by Gasteiger charge is -1.96. The van der Waals surface area contributed by atoms with Crippen LogP contribution in [0, 0.1) is 5.82 Å². The van der Waals surface area contributed by atoms with Crippen LogP contribution in [0.1, 0.15) is 5.56 Å². The van der Waals surface area contributed by atoms with E-state index in [9.17, 15) is 4.39 Å². The molecule has 1 rings (SSSR count). The Labute approximate surface area is 74.3 Å². The molecule has 0 aliphatic carbocycles. The number of nitrogens with zero attached hydrogens (tertiary/aromatic N) is 1. The molecule has 0 aromatic heterocycles. The van der Waals surface area contributed by atoms with E-state index < -0.39 is 0 Å². The largest absolute Gasteiger partial charge is 0.410 e. The minimum Gasteiger partial charge on any atom is -0.410 e. The zero-order chi connectivity index (χ0) is 8.97. The van der Waals surface area contributed by atoms with Gasteiger partial charge in [0.25, 0.3) is 0 Å². The molecule has 0 aliphatic heterocycles. The van der Waals surface area contributed by atoms with Crippen molar-refractivity contribution in [3.63, 3.8) is 0 Å². The second kappa shape index (κ2) is 4.07. The summed E-state index contributed by atoms with van der Waals surface area (Å²) < 4.78 is 12.4. The molecule has 0 amide bonds. The van der Waals surface area contributed by atoms with Gasteiger partial charge in [-0.25, -0.2) is 4.39 Å². The highest BCUT2D eigenvalue weighted by molar-refractivity contribution is 6.65. The van der Waals surface area contributed by atoms with Crippen LogP contribution < -0.4 is 0 Å². The Morgan fingerprint density at radius 2 is 2.00 bits per heavy atom. The lowest BCUT2D eigenvalue weighted by atomic mass is 10.2. The Morgan fingerprint density at radius 3 is 2.50 bits per heavy atom.